The van der Waals surface area contributed by atoms with Gasteiger partial charge in [0.1, 0.15) is 10.6 Å². The molecule has 0 radical (unpaired) electrons. The number of methoxy groups -OCH3 is 1. The van der Waals surface area contributed by atoms with Crippen LogP contribution in [0, 0.1) is 5.92 Å². The summed E-state index contributed by atoms with van der Waals surface area (Å²) >= 11 is 1.41. The van der Waals surface area contributed by atoms with Gasteiger partial charge in [0.15, 0.2) is 0 Å². The molecule has 2 heterocycles. The number of carbonyl (C=O) groups is 1. The largest absolute Gasteiger partial charge is 0.495 e. The molecule has 2 rings (SSSR count). The highest BCUT2D eigenvalue weighted by atomic mass is 35.5. The van der Waals surface area contributed by atoms with E-state index in [1.807, 2.05) is 11.4 Å². The first-order chi connectivity index (χ1) is 7.81. The van der Waals surface area contributed by atoms with Gasteiger partial charge in [-0.25, -0.2) is 0 Å². The van der Waals surface area contributed by atoms with E-state index in [4.69, 9.17) is 4.74 Å². The zero-order valence-corrected chi connectivity index (χ0v) is 11.3. The Morgan fingerprint density at radius 1 is 1.71 bits per heavy atom. The quantitative estimate of drug-likeness (QED) is 0.877. The summed E-state index contributed by atoms with van der Waals surface area (Å²) in [5.74, 6) is 1.20. The SMILES string of the molecule is COc1ccsc1C(=O)NCC1CCNC1.Cl. The fourth-order valence-corrected chi connectivity index (χ4v) is 2.60. The van der Waals surface area contributed by atoms with E-state index in [1.54, 1.807) is 7.11 Å². The number of nitrogens with one attached hydrogen (secondary N) is 2. The van der Waals surface area contributed by atoms with Gasteiger partial charge < -0.3 is 15.4 Å². The van der Waals surface area contributed by atoms with E-state index in [0.29, 0.717) is 16.5 Å². The van der Waals surface area contributed by atoms with Crippen molar-refractivity contribution >= 4 is 29.7 Å². The number of rotatable bonds is 4. The number of amides is 1. The molecule has 96 valence electrons. The lowest BCUT2D eigenvalue weighted by Crippen LogP contribution is -2.29. The average molecular weight is 277 g/mol. The monoisotopic (exact) mass is 276 g/mol. The third-order valence-corrected chi connectivity index (χ3v) is 3.66. The molecular formula is C11H17ClN2O2S. The number of hydrogen-bond acceptors (Lipinski definition) is 4. The van der Waals surface area contributed by atoms with E-state index < -0.39 is 0 Å². The molecule has 1 aliphatic heterocycles. The Hall–Kier alpha value is -0.780. The summed E-state index contributed by atoms with van der Waals surface area (Å²) in [7, 11) is 1.58. The summed E-state index contributed by atoms with van der Waals surface area (Å²) in [6.07, 6.45) is 1.14. The standard InChI is InChI=1S/C11H16N2O2S.ClH/c1-15-9-3-5-16-10(9)11(14)13-7-8-2-4-12-6-8;/h3,5,8,12H,2,4,6-7H2,1H3,(H,13,14);1H. The minimum Gasteiger partial charge on any atom is -0.495 e. The van der Waals surface area contributed by atoms with Crippen LogP contribution in [0.15, 0.2) is 11.4 Å². The third kappa shape index (κ3) is 3.59. The maximum atomic E-state index is 11.8. The van der Waals surface area contributed by atoms with Gasteiger partial charge in [-0.3, -0.25) is 4.79 Å². The highest BCUT2D eigenvalue weighted by Crippen LogP contribution is 2.24. The fourth-order valence-electron chi connectivity index (χ4n) is 1.83. The lowest BCUT2D eigenvalue weighted by molar-refractivity contribution is 0.0949. The molecule has 1 amide bonds. The van der Waals surface area contributed by atoms with Crippen LogP contribution in [-0.4, -0.2) is 32.7 Å². The molecular weight excluding hydrogens is 260 g/mol. The van der Waals surface area contributed by atoms with Crippen LogP contribution in [0.3, 0.4) is 0 Å². The van der Waals surface area contributed by atoms with Gasteiger partial charge in [-0.2, -0.15) is 0 Å². The second-order valence-electron chi connectivity index (χ2n) is 3.89. The Balaban J connectivity index is 0.00000144. The normalized spacial score (nSPS) is 18.5. The van der Waals surface area contributed by atoms with Gasteiger partial charge in [-0.1, -0.05) is 0 Å². The second kappa shape index (κ2) is 6.83. The lowest BCUT2D eigenvalue weighted by atomic mass is 10.1. The maximum absolute atomic E-state index is 11.8. The lowest BCUT2D eigenvalue weighted by Gasteiger charge is -2.09. The fraction of sp³-hybridized carbons (Fsp3) is 0.545. The zero-order valence-electron chi connectivity index (χ0n) is 9.69. The van der Waals surface area contributed by atoms with Gasteiger partial charge in [0.2, 0.25) is 0 Å². The van der Waals surface area contributed by atoms with Crippen molar-refractivity contribution in [3.8, 4) is 5.75 Å². The smallest absolute Gasteiger partial charge is 0.265 e. The molecule has 17 heavy (non-hydrogen) atoms. The molecule has 2 N–H and O–H groups in total. The molecule has 0 aromatic carbocycles. The summed E-state index contributed by atoms with van der Waals surface area (Å²) in [5.41, 5.74) is 0. The van der Waals surface area contributed by atoms with Crippen LogP contribution >= 0.6 is 23.7 Å². The number of carbonyl (C=O) groups excluding carboxylic acids is 1. The topological polar surface area (TPSA) is 50.4 Å². The van der Waals surface area contributed by atoms with E-state index in [1.165, 1.54) is 11.3 Å². The number of ether oxygens (including phenoxy) is 1. The van der Waals surface area contributed by atoms with Gasteiger partial charge in [0.25, 0.3) is 5.91 Å². The summed E-state index contributed by atoms with van der Waals surface area (Å²) in [6, 6.07) is 1.82. The molecule has 1 aromatic rings. The molecule has 4 nitrogen and oxygen atoms in total. The van der Waals surface area contributed by atoms with Crippen LogP contribution in [0.2, 0.25) is 0 Å². The number of thiophene rings is 1. The molecule has 0 saturated carbocycles. The van der Waals surface area contributed by atoms with E-state index >= 15 is 0 Å². The van der Waals surface area contributed by atoms with Gasteiger partial charge in [-0.15, -0.1) is 23.7 Å². The van der Waals surface area contributed by atoms with Crippen LogP contribution in [0.25, 0.3) is 0 Å². The molecule has 1 atom stereocenters. The molecule has 1 fully saturated rings. The van der Waals surface area contributed by atoms with Crippen LogP contribution in [0.1, 0.15) is 16.1 Å². The van der Waals surface area contributed by atoms with Crippen molar-refractivity contribution < 1.29 is 9.53 Å². The Kier molecular flexibility index (Phi) is 5.74. The molecule has 0 bridgehead atoms. The Morgan fingerprint density at radius 2 is 2.53 bits per heavy atom. The zero-order chi connectivity index (χ0) is 11.4. The summed E-state index contributed by atoms with van der Waals surface area (Å²) in [6.45, 7) is 2.80. The van der Waals surface area contributed by atoms with Crippen molar-refractivity contribution in [2.24, 2.45) is 5.92 Å². The Labute approximate surface area is 111 Å². The van der Waals surface area contributed by atoms with Gasteiger partial charge in [-0.05, 0) is 36.9 Å². The second-order valence-corrected chi connectivity index (χ2v) is 4.80. The van der Waals surface area contributed by atoms with Gasteiger partial charge in [0.05, 0.1) is 7.11 Å². The van der Waals surface area contributed by atoms with Crippen molar-refractivity contribution in [2.45, 2.75) is 6.42 Å². The van der Waals surface area contributed by atoms with E-state index in [0.717, 1.165) is 26.1 Å². The van der Waals surface area contributed by atoms with Gasteiger partial charge in [0, 0.05) is 6.54 Å². The Morgan fingerprint density at radius 3 is 3.18 bits per heavy atom. The molecule has 1 aliphatic rings. The number of halogens is 1. The summed E-state index contributed by atoms with van der Waals surface area (Å²) < 4.78 is 5.12. The molecule has 0 spiro atoms. The van der Waals surface area contributed by atoms with Crippen LogP contribution in [0.5, 0.6) is 5.75 Å². The van der Waals surface area contributed by atoms with Crippen molar-refractivity contribution in [3.05, 3.63) is 16.3 Å². The van der Waals surface area contributed by atoms with Gasteiger partial charge >= 0.3 is 0 Å². The summed E-state index contributed by atoms with van der Waals surface area (Å²) in [5, 5.41) is 8.10. The first kappa shape index (κ1) is 14.3. The van der Waals surface area contributed by atoms with Crippen molar-refractivity contribution in [1.29, 1.82) is 0 Å². The minimum absolute atomic E-state index is 0. The van der Waals surface area contributed by atoms with E-state index in [2.05, 4.69) is 10.6 Å². The van der Waals surface area contributed by atoms with Crippen molar-refractivity contribution in [3.63, 3.8) is 0 Å². The Bertz CT molecular complexity index is 364. The highest BCUT2D eigenvalue weighted by Gasteiger charge is 2.18. The third-order valence-electron chi connectivity index (χ3n) is 2.77. The number of hydrogen-bond donors (Lipinski definition) is 2. The predicted octanol–water partition coefficient (Wildman–Crippen LogP) is 1.52. The molecule has 1 aromatic heterocycles. The maximum Gasteiger partial charge on any atom is 0.265 e. The predicted molar refractivity (Wildman–Crippen MR) is 71.4 cm³/mol. The van der Waals surface area contributed by atoms with Crippen molar-refractivity contribution in [2.75, 3.05) is 26.7 Å². The van der Waals surface area contributed by atoms with E-state index in [-0.39, 0.29) is 18.3 Å². The average Bonchev–Trinajstić information content (AvgIpc) is 2.96. The highest BCUT2D eigenvalue weighted by molar-refractivity contribution is 7.12. The molecule has 1 saturated heterocycles. The van der Waals surface area contributed by atoms with Crippen molar-refractivity contribution in [1.82, 2.24) is 10.6 Å². The molecule has 0 aliphatic carbocycles. The summed E-state index contributed by atoms with van der Waals surface area (Å²) in [4.78, 5) is 12.5. The molecule has 1 unspecified atom stereocenters. The van der Waals surface area contributed by atoms with Crippen LogP contribution in [0.4, 0.5) is 0 Å². The first-order valence-electron chi connectivity index (χ1n) is 5.41. The first-order valence-corrected chi connectivity index (χ1v) is 6.29. The van der Waals surface area contributed by atoms with Crippen LogP contribution in [-0.2, 0) is 0 Å². The minimum atomic E-state index is -0.0289. The van der Waals surface area contributed by atoms with E-state index in [9.17, 15) is 4.79 Å². The molecule has 6 heteroatoms. The van der Waals surface area contributed by atoms with Crippen LogP contribution < -0.4 is 15.4 Å².